The fourth-order valence-corrected chi connectivity index (χ4v) is 3.61. The van der Waals surface area contributed by atoms with Crippen LogP contribution in [0.25, 0.3) is 10.6 Å². The molecule has 0 aliphatic heterocycles. The Hall–Kier alpha value is -2.77. The maximum atomic E-state index is 12.4. The number of hydrogen-bond donors (Lipinski definition) is 0. The van der Waals surface area contributed by atoms with Gasteiger partial charge in [0.1, 0.15) is 17.4 Å². The zero-order valence-electron chi connectivity index (χ0n) is 15.5. The van der Waals surface area contributed by atoms with E-state index >= 15 is 0 Å². The van der Waals surface area contributed by atoms with Gasteiger partial charge in [0.2, 0.25) is 0 Å². The van der Waals surface area contributed by atoms with Crippen molar-refractivity contribution in [3.63, 3.8) is 0 Å². The fourth-order valence-electron chi connectivity index (χ4n) is 2.52. The van der Waals surface area contributed by atoms with E-state index in [-0.39, 0.29) is 17.2 Å². The average molecular weight is 420 g/mol. The van der Waals surface area contributed by atoms with Crippen molar-refractivity contribution in [2.75, 3.05) is 21.3 Å². The first-order valence-corrected chi connectivity index (χ1v) is 9.49. The van der Waals surface area contributed by atoms with Crippen molar-refractivity contribution in [1.82, 2.24) is 4.98 Å². The van der Waals surface area contributed by atoms with Crippen LogP contribution in [0.1, 0.15) is 16.1 Å². The molecule has 0 aliphatic carbocycles. The van der Waals surface area contributed by atoms with Crippen LogP contribution in [0.2, 0.25) is 5.02 Å². The van der Waals surface area contributed by atoms with Gasteiger partial charge in [0, 0.05) is 10.9 Å². The number of aromatic nitrogens is 1. The van der Waals surface area contributed by atoms with E-state index < -0.39 is 5.97 Å². The number of carbonyl (C=O) groups excluding carboxylic acids is 1. The molecule has 146 valence electrons. The molecule has 0 spiro atoms. The molecule has 0 saturated carbocycles. The van der Waals surface area contributed by atoms with E-state index in [4.69, 9.17) is 30.5 Å². The Bertz CT molecular complexity index is 988. The molecule has 2 aromatic carbocycles. The number of halogens is 1. The topological polar surface area (TPSA) is 66.9 Å². The van der Waals surface area contributed by atoms with Gasteiger partial charge in [-0.2, -0.15) is 0 Å². The standard InChI is InChI=1S/C20H18ClNO5S/c1-24-15-6-4-5-12(7-15)19-22-14(11-28-19)10-27-20(23)13-8-16(21)18(26-3)17(9-13)25-2/h4-9,11H,10H2,1-3H3. The van der Waals surface area contributed by atoms with Crippen molar-refractivity contribution >= 4 is 28.9 Å². The fraction of sp³-hybridized carbons (Fsp3) is 0.200. The lowest BCUT2D eigenvalue weighted by molar-refractivity contribution is 0.0468. The zero-order chi connectivity index (χ0) is 20.1. The number of benzene rings is 2. The summed E-state index contributed by atoms with van der Waals surface area (Å²) >= 11 is 7.60. The van der Waals surface area contributed by atoms with Crippen LogP contribution < -0.4 is 14.2 Å². The van der Waals surface area contributed by atoms with E-state index in [9.17, 15) is 4.79 Å². The second-order valence-corrected chi connectivity index (χ2v) is 6.91. The zero-order valence-corrected chi connectivity index (χ0v) is 17.1. The minimum Gasteiger partial charge on any atom is -0.497 e. The lowest BCUT2D eigenvalue weighted by Gasteiger charge is -2.11. The van der Waals surface area contributed by atoms with Gasteiger partial charge in [-0.05, 0) is 24.3 Å². The molecule has 0 unspecified atom stereocenters. The van der Waals surface area contributed by atoms with Crippen LogP contribution in [-0.2, 0) is 11.3 Å². The Morgan fingerprint density at radius 2 is 1.93 bits per heavy atom. The quantitative estimate of drug-likeness (QED) is 0.510. The third kappa shape index (κ3) is 4.37. The maximum absolute atomic E-state index is 12.4. The lowest BCUT2D eigenvalue weighted by atomic mass is 10.2. The smallest absolute Gasteiger partial charge is 0.338 e. The van der Waals surface area contributed by atoms with Crippen LogP contribution in [0.4, 0.5) is 0 Å². The van der Waals surface area contributed by atoms with Gasteiger partial charge in [0.15, 0.2) is 11.5 Å². The second-order valence-electron chi connectivity index (χ2n) is 5.65. The number of esters is 1. The van der Waals surface area contributed by atoms with Crippen molar-refractivity contribution in [3.05, 3.63) is 58.1 Å². The summed E-state index contributed by atoms with van der Waals surface area (Å²) in [5, 5.41) is 2.94. The van der Waals surface area contributed by atoms with Crippen molar-refractivity contribution < 1.29 is 23.7 Å². The largest absolute Gasteiger partial charge is 0.497 e. The van der Waals surface area contributed by atoms with E-state index in [1.165, 1.54) is 37.7 Å². The summed E-state index contributed by atoms with van der Waals surface area (Å²) in [4.78, 5) is 16.9. The van der Waals surface area contributed by atoms with Crippen molar-refractivity contribution in [2.24, 2.45) is 0 Å². The lowest BCUT2D eigenvalue weighted by Crippen LogP contribution is -2.06. The highest BCUT2D eigenvalue weighted by Crippen LogP contribution is 2.36. The summed E-state index contributed by atoms with van der Waals surface area (Å²) in [6.07, 6.45) is 0. The van der Waals surface area contributed by atoms with E-state index in [0.717, 1.165) is 16.3 Å². The molecule has 0 saturated heterocycles. The van der Waals surface area contributed by atoms with Gasteiger partial charge in [-0.3, -0.25) is 0 Å². The molecule has 6 nitrogen and oxygen atoms in total. The minimum absolute atomic E-state index is 0.0469. The van der Waals surface area contributed by atoms with E-state index in [1.807, 2.05) is 29.6 Å². The predicted molar refractivity (Wildman–Crippen MR) is 108 cm³/mol. The van der Waals surface area contributed by atoms with Gasteiger partial charge in [-0.1, -0.05) is 23.7 Å². The van der Waals surface area contributed by atoms with Crippen LogP contribution >= 0.6 is 22.9 Å². The van der Waals surface area contributed by atoms with Gasteiger partial charge >= 0.3 is 5.97 Å². The van der Waals surface area contributed by atoms with Crippen LogP contribution in [0.3, 0.4) is 0 Å². The van der Waals surface area contributed by atoms with Gasteiger partial charge in [-0.25, -0.2) is 9.78 Å². The first-order chi connectivity index (χ1) is 13.5. The summed E-state index contributed by atoms with van der Waals surface area (Å²) in [6.45, 7) is 0.0469. The Labute approximate surface area is 171 Å². The molecule has 0 aliphatic rings. The summed E-state index contributed by atoms with van der Waals surface area (Å²) in [5.74, 6) is 0.948. The minimum atomic E-state index is -0.529. The van der Waals surface area contributed by atoms with E-state index in [2.05, 4.69) is 4.98 Å². The molecule has 0 fully saturated rings. The molecule has 3 rings (SSSR count). The maximum Gasteiger partial charge on any atom is 0.338 e. The molecule has 1 aromatic heterocycles. The van der Waals surface area contributed by atoms with Crippen LogP contribution in [0, 0.1) is 0 Å². The molecule has 1 heterocycles. The van der Waals surface area contributed by atoms with Crippen molar-refractivity contribution in [3.8, 4) is 27.8 Å². The monoisotopic (exact) mass is 419 g/mol. The Morgan fingerprint density at radius 3 is 2.64 bits per heavy atom. The molecule has 28 heavy (non-hydrogen) atoms. The van der Waals surface area contributed by atoms with Gasteiger partial charge in [0.25, 0.3) is 0 Å². The first-order valence-electron chi connectivity index (χ1n) is 8.23. The molecule has 0 radical (unpaired) electrons. The normalized spacial score (nSPS) is 10.4. The highest BCUT2D eigenvalue weighted by atomic mass is 35.5. The van der Waals surface area contributed by atoms with Gasteiger partial charge in [0.05, 0.1) is 37.6 Å². The molecule has 8 heteroatoms. The van der Waals surface area contributed by atoms with Gasteiger partial charge < -0.3 is 18.9 Å². The highest BCUT2D eigenvalue weighted by molar-refractivity contribution is 7.13. The van der Waals surface area contributed by atoms with E-state index in [1.54, 1.807) is 7.11 Å². The Kier molecular flexibility index (Phi) is 6.38. The molecule has 3 aromatic rings. The molecule has 0 amide bonds. The molecule has 0 bridgehead atoms. The van der Waals surface area contributed by atoms with Crippen molar-refractivity contribution in [2.45, 2.75) is 6.61 Å². The number of hydrogen-bond acceptors (Lipinski definition) is 7. The summed E-state index contributed by atoms with van der Waals surface area (Å²) in [5.41, 5.74) is 1.86. The first kappa shape index (κ1) is 20.0. The van der Waals surface area contributed by atoms with Crippen LogP contribution in [0.15, 0.2) is 41.8 Å². The second kappa shape index (κ2) is 8.95. The number of rotatable bonds is 7. The molecule has 0 N–H and O–H groups in total. The Morgan fingerprint density at radius 1 is 1.11 bits per heavy atom. The predicted octanol–water partition coefficient (Wildman–Crippen LogP) is 4.85. The molecular weight excluding hydrogens is 402 g/mol. The summed E-state index contributed by atoms with van der Waals surface area (Å²) in [6, 6.07) is 10.6. The van der Waals surface area contributed by atoms with E-state index in [0.29, 0.717) is 17.2 Å². The number of carbonyl (C=O) groups is 1. The summed E-state index contributed by atoms with van der Waals surface area (Å²) in [7, 11) is 4.56. The van der Waals surface area contributed by atoms with Crippen molar-refractivity contribution in [1.29, 1.82) is 0 Å². The molecular formula is C20H18ClNO5S. The third-order valence-corrected chi connectivity index (χ3v) is 5.11. The highest BCUT2D eigenvalue weighted by Gasteiger charge is 2.17. The number of nitrogens with zero attached hydrogens (tertiary/aromatic N) is 1. The SMILES string of the molecule is COc1cccc(-c2nc(COC(=O)c3cc(Cl)c(OC)c(OC)c3)cs2)c1. The number of ether oxygens (including phenoxy) is 4. The Balaban J connectivity index is 1.70. The van der Waals surface area contributed by atoms with Gasteiger partial charge in [-0.15, -0.1) is 11.3 Å². The number of methoxy groups -OCH3 is 3. The van der Waals surface area contributed by atoms with Crippen LogP contribution in [-0.4, -0.2) is 32.3 Å². The average Bonchev–Trinajstić information content (AvgIpc) is 3.20. The van der Waals surface area contributed by atoms with Crippen LogP contribution in [0.5, 0.6) is 17.2 Å². The summed E-state index contributed by atoms with van der Waals surface area (Å²) < 4.78 is 21.0. The number of thiazole rings is 1. The molecule has 0 atom stereocenters. The third-order valence-electron chi connectivity index (χ3n) is 3.89.